The van der Waals surface area contributed by atoms with E-state index in [-0.39, 0.29) is 25.1 Å². The molecule has 0 saturated carbocycles. The summed E-state index contributed by atoms with van der Waals surface area (Å²) in [5.74, 6) is -2.80. The molecule has 0 aromatic heterocycles. The number of rotatable bonds is 6. The van der Waals surface area contributed by atoms with Gasteiger partial charge in [0.1, 0.15) is 5.75 Å². The Kier molecular flexibility index (Phi) is 5.36. The molecule has 1 aromatic carbocycles. The maximum atomic E-state index is 11.8. The fraction of sp³-hybridized carbons (Fsp3) is 0.333. The summed E-state index contributed by atoms with van der Waals surface area (Å²) >= 11 is 0. The Morgan fingerprint density at radius 1 is 1.30 bits per heavy atom. The first-order valence-corrected chi connectivity index (χ1v) is 5.62. The lowest BCUT2D eigenvalue weighted by Crippen LogP contribution is -2.37. The molecule has 1 aromatic rings. The second-order valence-corrected chi connectivity index (χ2v) is 3.79. The van der Waals surface area contributed by atoms with Crippen molar-refractivity contribution in [3.8, 4) is 5.75 Å². The number of nitrogens with one attached hydrogen (secondary N) is 1. The Bertz CT molecular complexity index is 488. The molecule has 0 aliphatic rings. The second-order valence-electron chi connectivity index (χ2n) is 3.79. The predicted octanol–water partition coefficient (Wildman–Crippen LogP) is 1.83. The molecule has 0 aliphatic heterocycles. The van der Waals surface area contributed by atoms with Gasteiger partial charge >= 0.3 is 18.1 Å². The molecule has 2 N–H and O–H groups in total. The number of benzene rings is 1. The normalized spacial score (nSPS) is 10.9. The highest BCUT2D eigenvalue weighted by molar-refractivity contribution is 5.88. The van der Waals surface area contributed by atoms with E-state index in [9.17, 15) is 22.8 Å². The zero-order chi connectivity index (χ0) is 15.2. The van der Waals surface area contributed by atoms with Gasteiger partial charge in [0.15, 0.2) is 0 Å². The zero-order valence-electron chi connectivity index (χ0n) is 10.2. The van der Waals surface area contributed by atoms with E-state index in [0.717, 1.165) is 0 Å². The smallest absolute Gasteiger partial charge is 0.471 e. The Morgan fingerprint density at radius 3 is 2.60 bits per heavy atom. The highest BCUT2D eigenvalue weighted by Crippen LogP contribution is 2.14. The van der Waals surface area contributed by atoms with Crippen LogP contribution in [-0.2, 0) is 4.79 Å². The second kappa shape index (κ2) is 6.78. The number of carbonyl (C=O) groups is 2. The molecular formula is C12H12F3NO4. The van der Waals surface area contributed by atoms with Gasteiger partial charge in [-0.1, -0.05) is 6.07 Å². The number of hydrogen-bond acceptors (Lipinski definition) is 3. The van der Waals surface area contributed by atoms with E-state index in [1.807, 2.05) is 0 Å². The van der Waals surface area contributed by atoms with Crippen molar-refractivity contribution in [2.45, 2.75) is 12.6 Å². The molecule has 0 bridgehead atoms. The van der Waals surface area contributed by atoms with Gasteiger partial charge in [-0.15, -0.1) is 0 Å². The number of carboxylic acids is 1. The molecule has 5 nitrogen and oxygen atoms in total. The van der Waals surface area contributed by atoms with Gasteiger partial charge in [0.05, 0.1) is 12.2 Å². The van der Waals surface area contributed by atoms with Gasteiger partial charge in [-0.2, -0.15) is 13.2 Å². The van der Waals surface area contributed by atoms with E-state index in [1.54, 1.807) is 5.32 Å². The molecule has 8 heteroatoms. The van der Waals surface area contributed by atoms with Crippen molar-refractivity contribution >= 4 is 11.9 Å². The minimum atomic E-state index is -4.89. The number of amides is 1. The third-order valence-electron chi connectivity index (χ3n) is 2.21. The van der Waals surface area contributed by atoms with Crippen molar-refractivity contribution in [1.82, 2.24) is 5.32 Å². The lowest BCUT2D eigenvalue weighted by Gasteiger charge is -2.09. The average molecular weight is 291 g/mol. The number of carbonyl (C=O) groups excluding carboxylic acids is 1. The van der Waals surface area contributed by atoms with Crippen LogP contribution >= 0.6 is 0 Å². The number of ether oxygens (including phenoxy) is 1. The summed E-state index contributed by atoms with van der Waals surface area (Å²) in [6.07, 6.45) is -4.73. The molecule has 0 aliphatic carbocycles. The summed E-state index contributed by atoms with van der Waals surface area (Å²) in [5.41, 5.74) is 0.0490. The van der Waals surface area contributed by atoms with Crippen LogP contribution in [0.4, 0.5) is 13.2 Å². The fourth-order valence-electron chi connectivity index (χ4n) is 1.28. The lowest BCUT2D eigenvalue weighted by atomic mass is 10.2. The summed E-state index contributed by atoms with van der Waals surface area (Å²) in [5, 5.41) is 10.4. The SMILES string of the molecule is O=C(O)c1cccc(OCCCNC(=O)C(F)(F)F)c1. The van der Waals surface area contributed by atoms with Crippen LogP contribution in [0.2, 0.25) is 0 Å². The van der Waals surface area contributed by atoms with Crippen molar-refractivity contribution in [3.63, 3.8) is 0 Å². The van der Waals surface area contributed by atoms with Crippen molar-refractivity contribution in [2.75, 3.05) is 13.2 Å². The van der Waals surface area contributed by atoms with Gasteiger partial charge in [-0.3, -0.25) is 4.79 Å². The Labute approximate surface area is 112 Å². The van der Waals surface area contributed by atoms with Crippen LogP contribution in [0.5, 0.6) is 5.75 Å². The molecule has 0 atom stereocenters. The van der Waals surface area contributed by atoms with Crippen LogP contribution < -0.4 is 10.1 Å². The predicted molar refractivity (Wildman–Crippen MR) is 62.6 cm³/mol. The van der Waals surface area contributed by atoms with Crippen molar-refractivity contribution in [2.24, 2.45) is 0 Å². The van der Waals surface area contributed by atoms with E-state index in [4.69, 9.17) is 9.84 Å². The molecule has 0 unspecified atom stereocenters. The molecule has 20 heavy (non-hydrogen) atoms. The number of halogens is 3. The van der Waals surface area contributed by atoms with E-state index in [1.165, 1.54) is 24.3 Å². The van der Waals surface area contributed by atoms with E-state index in [2.05, 4.69) is 0 Å². The first-order chi connectivity index (χ1) is 9.30. The zero-order valence-corrected chi connectivity index (χ0v) is 10.2. The van der Waals surface area contributed by atoms with Crippen LogP contribution in [0.25, 0.3) is 0 Å². The Morgan fingerprint density at radius 2 is 2.00 bits per heavy atom. The molecule has 0 spiro atoms. The topological polar surface area (TPSA) is 75.6 Å². The summed E-state index contributed by atoms with van der Waals surface area (Å²) in [6, 6.07) is 5.71. The minimum absolute atomic E-state index is 0.0490. The standard InChI is InChI=1S/C12H12F3NO4/c13-12(14,15)11(19)16-5-2-6-20-9-4-1-3-8(7-9)10(17)18/h1,3-4,7H,2,5-6H2,(H,16,19)(H,17,18). The first-order valence-electron chi connectivity index (χ1n) is 5.62. The quantitative estimate of drug-likeness (QED) is 0.784. The lowest BCUT2D eigenvalue weighted by molar-refractivity contribution is -0.173. The highest BCUT2D eigenvalue weighted by Gasteiger charge is 2.38. The number of hydrogen-bond donors (Lipinski definition) is 2. The van der Waals surface area contributed by atoms with Crippen LogP contribution in [0.15, 0.2) is 24.3 Å². The summed E-state index contributed by atoms with van der Waals surface area (Å²) in [4.78, 5) is 21.2. The van der Waals surface area contributed by atoms with Crippen molar-refractivity contribution in [1.29, 1.82) is 0 Å². The number of carboxylic acid groups (broad SMARTS) is 1. The monoisotopic (exact) mass is 291 g/mol. The highest BCUT2D eigenvalue weighted by atomic mass is 19.4. The molecule has 0 radical (unpaired) electrons. The number of aromatic carboxylic acids is 1. The number of alkyl halides is 3. The van der Waals surface area contributed by atoms with Crippen LogP contribution in [0.1, 0.15) is 16.8 Å². The molecule has 110 valence electrons. The van der Waals surface area contributed by atoms with Gasteiger partial charge in [0, 0.05) is 6.54 Å². The van der Waals surface area contributed by atoms with E-state index >= 15 is 0 Å². The molecular weight excluding hydrogens is 279 g/mol. The molecule has 0 fully saturated rings. The Balaban J connectivity index is 2.30. The van der Waals surface area contributed by atoms with Crippen LogP contribution in [0, 0.1) is 0 Å². The van der Waals surface area contributed by atoms with Gasteiger partial charge in [-0.05, 0) is 24.6 Å². The maximum absolute atomic E-state index is 11.8. The first kappa shape index (κ1) is 15.8. The molecule has 1 rings (SSSR count). The van der Waals surface area contributed by atoms with Crippen molar-refractivity contribution < 1.29 is 32.6 Å². The van der Waals surface area contributed by atoms with Gasteiger partial charge in [0.2, 0.25) is 0 Å². The molecule has 1 amide bonds. The van der Waals surface area contributed by atoms with E-state index in [0.29, 0.717) is 5.75 Å². The van der Waals surface area contributed by atoms with Crippen LogP contribution in [-0.4, -0.2) is 36.3 Å². The third-order valence-corrected chi connectivity index (χ3v) is 2.21. The van der Waals surface area contributed by atoms with Gasteiger partial charge < -0.3 is 15.2 Å². The average Bonchev–Trinajstić information content (AvgIpc) is 2.37. The summed E-state index contributed by atoms with van der Waals surface area (Å²) in [6.45, 7) is -0.127. The van der Waals surface area contributed by atoms with Gasteiger partial charge in [0.25, 0.3) is 0 Å². The van der Waals surface area contributed by atoms with Crippen LogP contribution in [0.3, 0.4) is 0 Å². The summed E-state index contributed by atoms with van der Waals surface area (Å²) < 4.78 is 40.7. The molecule has 0 heterocycles. The Hall–Kier alpha value is -2.25. The third kappa shape index (κ3) is 5.17. The fourth-order valence-corrected chi connectivity index (χ4v) is 1.28. The van der Waals surface area contributed by atoms with E-state index < -0.39 is 18.1 Å². The maximum Gasteiger partial charge on any atom is 0.471 e. The van der Waals surface area contributed by atoms with Crippen molar-refractivity contribution in [3.05, 3.63) is 29.8 Å². The minimum Gasteiger partial charge on any atom is -0.494 e. The summed E-state index contributed by atoms with van der Waals surface area (Å²) in [7, 11) is 0. The van der Waals surface area contributed by atoms with Gasteiger partial charge in [-0.25, -0.2) is 4.79 Å². The largest absolute Gasteiger partial charge is 0.494 e. The molecule has 0 saturated heterocycles.